The van der Waals surface area contributed by atoms with E-state index in [1.807, 2.05) is 0 Å². The van der Waals surface area contributed by atoms with Crippen molar-refractivity contribution in [3.63, 3.8) is 0 Å². The van der Waals surface area contributed by atoms with Crippen molar-refractivity contribution < 1.29 is 4.52 Å². The Balaban J connectivity index is 3.10. The molecular formula is C7H9NO2. The minimum Gasteiger partial charge on any atom is -0.384 e. The number of rotatable bonds is 2. The molecule has 0 aliphatic rings. The van der Waals surface area contributed by atoms with Crippen LogP contribution in [0.4, 0.5) is 0 Å². The molecule has 1 aromatic heterocycles. The standard InChI is InChI=1S/C7H9NO2/c1-3-4-6-5(2)10-8-7(6)9/h3H,1,4H2,2H3,(H,8,9). The molecule has 1 aromatic rings. The normalized spacial score (nSPS) is 9.70. The summed E-state index contributed by atoms with van der Waals surface area (Å²) in [5, 5.41) is 2.24. The summed E-state index contributed by atoms with van der Waals surface area (Å²) in [6.07, 6.45) is 2.24. The topological polar surface area (TPSA) is 46.0 Å². The molecule has 0 atom stereocenters. The number of aromatic nitrogens is 1. The van der Waals surface area contributed by atoms with E-state index in [0.29, 0.717) is 17.7 Å². The van der Waals surface area contributed by atoms with E-state index >= 15 is 0 Å². The summed E-state index contributed by atoms with van der Waals surface area (Å²) in [7, 11) is 0. The first-order chi connectivity index (χ1) is 4.75. The molecule has 0 saturated heterocycles. The van der Waals surface area contributed by atoms with Crippen LogP contribution in [0.2, 0.25) is 0 Å². The third-order valence-corrected chi connectivity index (χ3v) is 1.34. The number of hydrogen-bond donors (Lipinski definition) is 1. The van der Waals surface area contributed by atoms with Crippen molar-refractivity contribution in [1.29, 1.82) is 0 Å². The number of H-pyrrole nitrogens is 1. The quantitative estimate of drug-likeness (QED) is 0.621. The maximum atomic E-state index is 10.8. The maximum Gasteiger partial charge on any atom is 0.283 e. The van der Waals surface area contributed by atoms with E-state index in [-0.39, 0.29) is 5.56 Å². The first-order valence-corrected chi connectivity index (χ1v) is 3.03. The molecule has 0 spiro atoms. The average molecular weight is 139 g/mol. The molecule has 3 heteroatoms. The number of allylic oxidation sites excluding steroid dienone is 1. The summed E-state index contributed by atoms with van der Waals surface area (Å²) in [5.74, 6) is 0.643. The third-order valence-electron chi connectivity index (χ3n) is 1.34. The maximum absolute atomic E-state index is 10.8. The van der Waals surface area contributed by atoms with Crippen molar-refractivity contribution in [2.45, 2.75) is 13.3 Å². The molecule has 0 bridgehead atoms. The first kappa shape index (κ1) is 6.86. The van der Waals surface area contributed by atoms with Crippen molar-refractivity contribution in [3.05, 3.63) is 34.3 Å². The SMILES string of the molecule is C=CCc1c(C)o[nH]c1=O. The summed E-state index contributed by atoms with van der Waals surface area (Å²) < 4.78 is 4.76. The Morgan fingerprint density at radius 1 is 1.80 bits per heavy atom. The number of aryl methyl sites for hydroxylation is 1. The molecule has 0 radical (unpaired) electrons. The van der Waals surface area contributed by atoms with Gasteiger partial charge >= 0.3 is 0 Å². The predicted molar refractivity (Wildman–Crippen MR) is 38.0 cm³/mol. The molecule has 0 saturated carbocycles. The molecule has 1 heterocycles. The van der Waals surface area contributed by atoms with Gasteiger partial charge in [-0.15, -0.1) is 6.58 Å². The van der Waals surface area contributed by atoms with Crippen molar-refractivity contribution in [2.75, 3.05) is 0 Å². The molecule has 0 aliphatic carbocycles. The molecule has 0 amide bonds. The smallest absolute Gasteiger partial charge is 0.283 e. The molecule has 54 valence electrons. The van der Waals surface area contributed by atoms with Crippen LogP contribution in [0.5, 0.6) is 0 Å². The minimum absolute atomic E-state index is 0.155. The fourth-order valence-electron chi connectivity index (χ4n) is 0.787. The zero-order valence-electron chi connectivity index (χ0n) is 5.81. The van der Waals surface area contributed by atoms with Crippen LogP contribution in [0.3, 0.4) is 0 Å². The van der Waals surface area contributed by atoms with Gasteiger partial charge in [-0.2, -0.15) is 5.16 Å². The highest BCUT2D eigenvalue weighted by atomic mass is 16.5. The van der Waals surface area contributed by atoms with Crippen LogP contribution in [0.1, 0.15) is 11.3 Å². The number of nitrogens with one attached hydrogen (secondary N) is 1. The predicted octanol–water partition coefficient (Wildman–Crippen LogP) is 1.00. The summed E-state index contributed by atoms with van der Waals surface area (Å²) in [6, 6.07) is 0. The van der Waals surface area contributed by atoms with Crippen LogP contribution in [-0.4, -0.2) is 5.16 Å². The Bertz CT molecular complexity index is 282. The van der Waals surface area contributed by atoms with E-state index in [1.54, 1.807) is 13.0 Å². The fraction of sp³-hybridized carbons (Fsp3) is 0.286. The summed E-state index contributed by atoms with van der Waals surface area (Å²) in [6.45, 7) is 5.27. The van der Waals surface area contributed by atoms with Gasteiger partial charge in [0, 0.05) is 0 Å². The molecule has 0 aromatic carbocycles. The van der Waals surface area contributed by atoms with E-state index in [1.165, 1.54) is 0 Å². The Hall–Kier alpha value is -1.25. The molecule has 0 aliphatic heterocycles. The second-order valence-corrected chi connectivity index (χ2v) is 2.06. The molecule has 0 fully saturated rings. The second kappa shape index (κ2) is 2.56. The molecular weight excluding hydrogens is 130 g/mol. The van der Waals surface area contributed by atoms with Gasteiger partial charge in [0.15, 0.2) is 0 Å². The van der Waals surface area contributed by atoms with Crippen LogP contribution >= 0.6 is 0 Å². The van der Waals surface area contributed by atoms with Crippen LogP contribution in [0.25, 0.3) is 0 Å². The van der Waals surface area contributed by atoms with E-state index < -0.39 is 0 Å². The van der Waals surface area contributed by atoms with Gasteiger partial charge < -0.3 is 4.52 Å². The lowest BCUT2D eigenvalue weighted by Gasteiger charge is -1.84. The summed E-state index contributed by atoms with van der Waals surface area (Å²) in [5.41, 5.74) is 0.507. The van der Waals surface area contributed by atoms with E-state index in [2.05, 4.69) is 11.7 Å². The molecule has 1 N–H and O–H groups in total. The Morgan fingerprint density at radius 2 is 2.50 bits per heavy atom. The van der Waals surface area contributed by atoms with Gasteiger partial charge in [0.05, 0.1) is 5.56 Å². The average Bonchev–Trinajstić information content (AvgIpc) is 2.20. The van der Waals surface area contributed by atoms with E-state index in [9.17, 15) is 4.79 Å². The Labute approximate surface area is 58.3 Å². The van der Waals surface area contributed by atoms with Crippen LogP contribution in [-0.2, 0) is 6.42 Å². The Morgan fingerprint density at radius 3 is 2.90 bits per heavy atom. The minimum atomic E-state index is -0.155. The van der Waals surface area contributed by atoms with Crippen molar-refractivity contribution in [3.8, 4) is 0 Å². The molecule has 10 heavy (non-hydrogen) atoms. The van der Waals surface area contributed by atoms with Gasteiger partial charge in [0.1, 0.15) is 5.76 Å². The third kappa shape index (κ3) is 1.03. The van der Waals surface area contributed by atoms with Crippen LogP contribution in [0, 0.1) is 6.92 Å². The van der Waals surface area contributed by atoms with E-state index in [4.69, 9.17) is 4.52 Å². The monoisotopic (exact) mass is 139 g/mol. The lowest BCUT2D eigenvalue weighted by atomic mass is 10.2. The van der Waals surface area contributed by atoms with Gasteiger partial charge in [-0.05, 0) is 13.3 Å². The van der Waals surface area contributed by atoms with Crippen molar-refractivity contribution >= 4 is 0 Å². The first-order valence-electron chi connectivity index (χ1n) is 3.03. The molecule has 3 nitrogen and oxygen atoms in total. The van der Waals surface area contributed by atoms with Crippen LogP contribution in [0.15, 0.2) is 22.0 Å². The highest BCUT2D eigenvalue weighted by molar-refractivity contribution is 5.14. The van der Waals surface area contributed by atoms with Gasteiger partial charge in [0.25, 0.3) is 5.56 Å². The highest BCUT2D eigenvalue weighted by Gasteiger charge is 2.04. The van der Waals surface area contributed by atoms with E-state index in [0.717, 1.165) is 0 Å². The fourth-order valence-corrected chi connectivity index (χ4v) is 0.787. The van der Waals surface area contributed by atoms with Gasteiger partial charge in [-0.3, -0.25) is 4.79 Å². The van der Waals surface area contributed by atoms with Gasteiger partial charge in [-0.1, -0.05) is 6.08 Å². The highest BCUT2D eigenvalue weighted by Crippen LogP contribution is 2.00. The summed E-state index contributed by atoms with van der Waals surface area (Å²) >= 11 is 0. The molecule has 1 rings (SSSR count). The van der Waals surface area contributed by atoms with Gasteiger partial charge in [-0.25, -0.2) is 0 Å². The number of aromatic amines is 1. The van der Waals surface area contributed by atoms with Crippen molar-refractivity contribution in [2.24, 2.45) is 0 Å². The lowest BCUT2D eigenvalue weighted by molar-refractivity contribution is 0.391. The zero-order chi connectivity index (χ0) is 7.56. The lowest BCUT2D eigenvalue weighted by Crippen LogP contribution is -2.04. The second-order valence-electron chi connectivity index (χ2n) is 2.06. The van der Waals surface area contributed by atoms with Crippen LogP contribution < -0.4 is 5.56 Å². The largest absolute Gasteiger partial charge is 0.384 e. The van der Waals surface area contributed by atoms with Crippen molar-refractivity contribution in [1.82, 2.24) is 5.16 Å². The van der Waals surface area contributed by atoms with Gasteiger partial charge in [0.2, 0.25) is 0 Å². The summed E-state index contributed by atoms with van der Waals surface area (Å²) in [4.78, 5) is 10.8. The Kier molecular flexibility index (Phi) is 1.76. The number of hydrogen-bond acceptors (Lipinski definition) is 2. The zero-order valence-corrected chi connectivity index (χ0v) is 5.81. The molecule has 0 unspecified atom stereocenters.